The molecular formula is C19H28N2O3. The van der Waals surface area contributed by atoms with Gasteiger partial charge in [-0.15, -0.1) is 0 Å². The zero-order valence-electron chi connectivity index (χ0n) is 15.5. The lowest BCUT2D eigenvalue weighted by atomic mass is 9.84. The van der Waals surface area contributed by atoms with Gasteiger partial charge in [0.1, 0.15) is 5.54 Å². The summed E-state index contributed by atoms with van der Waals surface area (Å²) in [5, 5.41) is 2.82. The Hall–Kier alpha value is -1.88. The molecule has 1 heterocycles. The predicted molar refractivity (Wildman–Crippen MR) is 93.8 cm³/mol. The van der Waals surface area contributed by atoms with Crippen molar-refractivity contribution in [1.29, 1.82) is 0 Å². The van der Waals surface area contributed by atoms with Crippen LogP contribution in [0.25, 0.3) is 0 Å². The maximum absolute atomic E-state index is 12.8. The van der Waals surface area contributed by atoms with Crippen molar-refractivity contribution in [1.82, 2.24) is 10.2 Å². The van der Waals surface area contributed by atoms with Crippen molar-refractivity contribution in [2.45, 2.75) is 58.6 Å². The third kappa shape index (κ3) is 3.61. The molecule has 1 aromatic rings. The van der Waals surface area contributed by atoms with Crippen LogP contribution < -0.4 is 5.32 Å². The Morgan fingerprint density at radius 2 is 1.75 bits per heavy atom. The number of carbonyl (C=O) groups excluding carboxylic acids is 2. The van der Waals surface area contributed by atoms with Crippen molar-refractivity contribution < 1.29 is 14.3 Å². The molecule has 0 radical (unpaired) electrons. The van der Waals surface area contributed by atoms with Crippen LogP contribution in [-0.2, 0) is 20.5 Å². The maximum atomic E-state index is 12.8. The van der Waals surface area contributed by atoms with Gasteiger partial charge in [0.2, 0.25) is 0 Å². The quantitative estimate of drug-likeness (QED) is 0.843. The first-order valence-electron chi connectivity index (χ1n) is 8.42. The fourth-order valence-corrected chi connectivity index (χ4v) is 2.78. The van der Waals surface area contributed by atoms with E-state index in [0.29, 0.717) is 6.61 Å². The first-order chi connectivity index (χ1) is 11.1. The molecule has 1 aliphatic heterocycles. The van der Waals surface area contributed by atoms with Gasteiger partial charge >= 0.3 is 6.03 Å². The van der Waals surface area contributed by atoms with E-state index < -0.39 is 5.54 Å². The molecule has 1 fully saturated rings. The summed E-state index contributed by atoms with van der Waals surface area (Å²) in [4.78, 5) is 26.2. The summed E-state index contributed by atoms with van der Waals surface area (Å²) >= 11 is 0. The Labute approximate surface area is 144 Å². The normalized spacial score (nSPS) is 21.5. The van der Waals surface area contributed by atoms with Gasteiger partial charge in [0.25, 0.3) is 5.91 Å². The lowest BCUT2D eigenvalue weighted by molar-refractivity contribution is -0.131. The highest BCUT2D eigenvalue weighted by Gasteiger charge is 2.48. The van der Waals surface area contributed by atoms with Gasteiger partial charge in [-0.3, -0.25) is 9.69 Å². The molecule has 5 nitrogen and oxygen atoms in total. The van der Waals surface area contributed by atoms with Crippen molar-refractivity contribution in [3.8, 4) is 0 Å². The topological polar surface area (TPSA) is 58.6 Å². The van der Waals surface area contributed by atoms with E-state index in [1.165, 1.54) is 10.5 Å². The molecule has 0 aliphatic carbocycles. The van der Waals surface area contributed by atoms with Gasteiger partial charge in [-0.1, -0.05) is 45.0 Å². The number of carbonyl (C=O) groups is 2. The molecular weight excluding hydrogens is 304 g/mol. The van der Waals surface area contributed by atoms with Crippen molar-refractivity contribution >= 4 is 11.9 Å². The van der Waals surface area contributed by atoms with Gasteiger partial charge in [0.15, 0.2) is 0 Å². The number of hydrogen-bond acceptors (Lipinski definition) is 3. The number of rotatable bonds is 5. The lowest BCUT2D eigenvalue weighted by Crippen LogP contribution is -2.41. The van der Waals surface area contributed by atoms with Crippen LogP contribution in [0.5, 0.6) is 0 Å². The molecule has 1 aromatic carbocycles. The van der Waals surface area contributed by atoms with E-state index in [9.17, 15) is 9.59 Å². The Kier molecular flexibility index (Phi) is 5.04. The summed E-state index contributed by atoms with van der Waals surface area (Å²) < 4.78 is 5.45. The molecule has 2 rings (SSSR count). The third-order valence-corrected chi connectivity index (χ3v) is 4.37. The highest BCUT2D eigenvalue weighted by atomic mass is 16.5. The van der Waals surface area contributed by atoms with Crippen molar-refractivity contribution in [2.24, 2.45) is 0 Å². The molecule has 1 aliphatic rings. The summed E-state index contributed by atoms with van der Waals surface area (Å²) in [6, 6.07) is 7.52. The number of benzene rings is 1. The molecule has 5 heteroatoms. The minimum Gasteiger partial charge on any atom is -0.377 e. The predicted octanol–water partition coefficient (Wildman–Crippen LogP) is 3.18. The highest BCUT2D eigenvalue weighted by Crippen LogP contribution is 2.31. The molecule has 132 valence electrons. The summed E-state index contributed by atoms with van der Waals surface area (Å²) in [5.74, 6) is -0.233. The first kappa shape index (κ1) is 18.5. The average molecular weight is 332 g/mol. The van der Waals surface area contributed by atoms with Crippen molar-refractivity contribution in [3.05, 3.63) is 35.4 Å². The van der Waals surface area contributed by atoms with E-state index in [-0.39, 0.29) is 30.0 Å². The fraction of sp³-hybridized carbons (Fsp3) is 0.579. The number of amides is 3. The van der Waals surface area contributed by atoms with Crippen LogP contribution in [0.3, 0.4) is 0 Å². The Bertz CT molecular complexity index is 616. The summed E-state index contributed by atoms with van der Waals surface area (Å²) in [7, 11) is 0. The number of hydrogen-bond donors (Lipinski definition) is 1. The van der Waals surface area contributed by atoms with Gasteiger partial charge in [0, 0.05) is 0 Å². The van der Waals surface area contributed by atoms with Gasteiger partial charge in [-0.05, 0) is 37.3 Å². The molecule has 1 saturated heterocycles. The van der Waals surface area contributed by atoms with Gasteiger partial charge in [-0.2, -0.15) is 0 Å². The maximum Gasteiger partial charge on any atom is 0.325 e. The zero-order valence-corrected chi connectivity index (χ0v) is 15.5. The van der Waals surface area contributed by atoms with E-state index in [2.05, 4.69) is 26.1 Å². The minimum atomic E-state index is -1.02. The van der Waals surface area contributed by atoms with Crippen LogP contribution in [0.1, 0.15) is 52.7 Å². The van der Waals surface area contributed by atoms with Crippen LogP contribution in [0.2, 0.25) is 0 Å². The average Bonchev–Trinajstić information content (AvgIpc) is 2.70. The Morgan fingerprint density at radius 1 is 1.17 bits per heavy atom. The molecule has 0 bridgehead atoms. The SMILES string of the molecule is CC(C)OCCN1C(=O)N[C@](C)(c2ccc(C(C)(C)C)cc2)C1=O. The molecule has 0 spiro atoms. The molecule has 1 N–H and O–H groups in total. The minimum absolute atomic E-state index is 0.0442. The van der Waals surface area contributed by atoms with E-state index in [4.69, 9.17) is 4.74 Å². The molecule has 1 atom stereocenters. The highest BCUT2D eigenvalue weighted by molar-refractivity contribution is 6.07. The third-order valence-electron chi connectivity index (χ3n) is 4.37. The second-order valence-corrected chi connectivity index (χ2v) is 7.76. The van der Waals surface area contributed by atoms with Crippen LogP contribution >= 0.6 is 0 Å². The van der Waals surface area contributed by atoms with Gasteiger partial charge in [-0.25, -0.2) is 4.79 Å². The molecule has 24 heavy (non-hydrogen) atoms. The van der Waals surface area contributed by atoms with E-state index in [0.717, 1.165) is 5.56 Å². The van der Waals surface area contributed by atoms with Crippen molar-refractivity contribution in [3.63, 3.8) is 0 Å². The summed E-state index contributed by atoms with van der Waals surface area (Å²) in [6.45, 7) is 12.6. The summed E-state index contributed by atoms with van der Waals surface area (Å²) in [6.07, 6.45) is 0.0714. The Morgan fingerprint density at radius 3 is 2.25 bits per heavy atom. The van der Waals surface area contributed by atoms with Crippen LogP contribution in [0, 0.1) is 0 Å². The number of ether oxygens (including phenoxy) is 1. The number of imide groups is 1. The van der Waals surface area contributed by atoms with Crippen molar-refractivity contribution in [2.75, 3.05) is 13.2 Å². The van der Waals surface area contributed by atoms with E-state index >= 15 is 0 Å². The zero-order chi connectivity index (χ0) is 18.1. The van der Waals surface area contributed by atoms with E-state index in [1.54, 1.807) is 6.92 Å². The van der Waals surface area contributed by atoms with Gasteiger partial charge in [0.05, 0.1) is 19.3 Å². The monoisotopic (exact) mass is 332 g/mol. The smallest absolute Gasteiger partial charge is 0.325 e. The standard InChI is InChI=1S/C19H28N2O3/c1-13(2)24-12-11-21-16(22)19(6,20-17(21)23)15-9-7-14(8-10-15)18(3,4)5/h7-10,13H,11-12H2,1-6H3,(H,20,23)/t19-/m1/s1. The first-order valence-corrected chi connectivity index (χ1v) is 8.42. The lowest BCUT2D eigenvalue weighted by Gasteiger charge is -2.24. The van der Waals surface area contributed by atoms with Gasteiger partial charge < -0.3 is 10.1 Å². The molecule has 0 aromatic heterocycles. The number of urea groups is 1. The number of nitrogens with zero attached hydrogens (tertiary/aromatic N) is 1. The fourth-order valence-electron chi connectivity index (χ4n) is 2.78. The number of nitrogens with one attached hydrogen (secondary N) is 1. The summed E-state index contributed by atoms with van der Waals surface area (Å²) in [5.41, 5.74) is 1.00. The van der Waals surface area contributed by atoms with E-state index in [1.807, 2.05) is 38.1 Å². The largest absolute Gasteiger partial charge is 0.377 e. The van der Waals surface area contributed by atoms with Crippen LogP contribution in [-0.4, -0.2) is 36.1 Å². The molecule has 0 saturated carbocycles. The second kappa shape index (κ2) is 6.55. The second-order valence-electron chi connectivity index (χ2n) is 7.76. The molecule has 3 amide bonds. The Balaban J connectivity index is 2.18. The van der Waals surface area contributed by atoms with Crippen LogP contribution in [0.15, 0.2) is 24.3 Å². The molecule has 0 unspecified atom stereocenters. The van der Waals surface area contributed by atoms with Crippen LogP contribution in [0.4, 0.5) is 4.79 Å².